The average molecular weight is 314 g/mol. The van der Waals surface area contributed by atoms with Gasteiger partial charge in [-0.3, -0.25) is 4.68 Å². The predicted octanol–water partition coefficient (Wildman–Crippen LogP) is 4.32. The van der Waals surface area contributed by atoms with E-state index in [2.05, 4.69) is 63.6 Å². The van der Waals surface area contributed by atoms with E-state index in [4.69, 9.17) is 11.6 Å². The van der Waals surface area contributed by atoms with Crippen LogP contribution in [-0.2, 0) is 19.4 Å². The summed E-state index contributed by atoms with van der Waals surface area (Å²) in [6.07, 6.45) is 1.87. The van der Waals surface area contributed by atoms with Gasteiger partial charge in [-0.25, -0.2) is 0 Å². The van der Waals surface area contributed by atoms with Crippen molar-refractivity contribution in [2.24, 2.45) is 11.3 Å². The minimum absolute atomic E-state index is 0.237. The summed E-state index contributed by atoms with van der Waals surface area (Å²) < 4.78 is 2.08. The molecule has 0 fully saturated rings. The van der Waals surface area contributed by atoms with Gasteiger partial charge >= 0.3 is 0 Å². The SMILES string of the molecule is CCc1nn(CC)c(CC(CNC(C)C)C(C)(C)C)c1Cl. The Morgan fingerprint density at radius 2 is 1.86 bits per heavy atom. The van der Waals surface area contributed by atoms with E-state index in [1.165, 1.54) is 5.69 Å². The van der Waals surface area contributed by atoms with Crippen LogP contribution in [-0.4, -0.2) is 22.4 Å². The molecule has 1 heterocycles. The monoisotopic (exact) mass is 313 g/mol. The fourth-order valence-corrected chi connectivity index (χ4v) is 2.85. The Balaban J connectivity index is 3.00. The molecule has 0 aromatic carbocycles. The lowest BCUT2D eigenvalue weighted by Gasteiger charge is -2.32. The number of halogens is 1. The lowest BCUT2D eigenvalue weighted by atomic mass is 9.78. The van der Waals surface area contributed by atoms with Crippen molar-refractivity contribution < 1.29 is 0 Å². The first kappa shape index (κ1) is 18.5. The fraction of sp³-hybridized carbons (Fsp3) is 0.824. The summed E-state index contributed by atoms with van der Waals surface area (Å²) in [5.74, 6) is 0.532. The molecule has 0 bridgehead atoms. The predicted molar refractivity (Wildman–Crippen MR) is 92.1 cm³/mol. The average Bonchev–Trinajstić information content (AvgIpc) is 2.69. The molecule has 1 rings (SSSR count). The Labute approximate surface area is 135 Å². The molecule has 0 aliphatic carbocycles. The summed E-state index contributed by atoms with van der Waals surface area (Å²) in [5.41, 5.74) is 2.46. The van der Waals surface area contributed by atoms with E-state index in [-0.39, 0.29) is 5.41 Å². The summed E-state index contributed by atoms with van der Waals surface area (Å²) in [7, 11) is 0. The maximum absolute atomic E-state index is 6.56. The van der Waals surface area contributed by atoms with E-state index in [1.807, 2.05) is 0 Å². The number of rotatable bonds is 7. The third-order valence-electron chi connectivity index (χ3n) is 4.13. The number of aryl methyl sites for hydroxylation is 2. The quantitative estimate of drug-likeness (QED) is 0.812. The van der Waals surface area contributed by atoms with Gasteiger partial charge in [0, 0.05) is 12.6 Å². The second-order valence-corrected chi connectivity index (χ2v) is 7.58. The van der Waals surface area contributed by atoms with E-state index in [0.29, 0.717) is 12.0 Å². The van der Waals surface area contributed by atoms with Crippen LogP contribution in [0.5, 0.6) is 0 Å². The van der Waals surface area contributed by atoms with Gasteiger partial charge in [-0.2, -0.15) is 5.10 Å². The first-order valence-corrected chi connectivity index (χ1v) is 8.55. The highest BCUT2D eigenvalue weighted by Crippen LogP contribution is 2.32. The van der Waals surface area contributed by atoms with Crippen molar-refractivity contribution in [2.75, 3.05) is 6.54 Å². The van der Waals surface area contributed by atoms with Gasteiger partial charge in [-0.05, 0) is 37.6 Å². The Morgan fingerprint density at radius 1 is 1.24 bits per heavy atom. The van der Waals surface area contributed by atoms with Crippen LogP contribution in [0.3, 0.4) is 0 Å². The highest BCUT2D eigenvalue weighted by Gasteiger charge is 2.28. The van der Waals surface area contributed by atoms with Crippen LogP contribution in [0.2, 0.25) is 5.02 Å². The first-order valence-electron chi connectivity index (χ1n) is 8.18. The molecule has 0 saturated carbocycles. The van der Waals surface area contributed by atoms with Crippen LogP contribution in [0.4, 0.5) is 0 Å². The van der Waals surface area contributed by atoms with Crippen molar-refractivity contribution in [1.29, 1.82) is 0 Å². The molecule has 0 saturated heterocycles. The molecule has 1 aromatic rings. The highest BCUT2D eigenvalue weighted by atomic mass is 35.5. The summed E-state index contributed by atoms with van der Waals surface area (Å²) in [6, 6.07) is 0.507. The van der Waals surface area contributed by atoms with Crippen LogP contribution < -0.4 is 5.32 Å². The second-order valence-electron chi connectivity index (χ2n) is 7.21. The van der Waals surface area contributed by atoms with Gasteiger partial charge < -0.3 is 5.32 Å². The molecule has 1 N–H and O–H groups in total. The molecule has 0 aliphatic heterocycles. The van der Waals surface area contributed by atoms with Crippen LogP contribution >= 0.6 is 11.6 Å². The van der Waals surface area contributed by atoms with Gasteiger partial charge in [0.15, 0.2) is 0 Å². The smallest absolute Gasteiger partial charge is 0.0849 e. The molecular weight excluding hydrogens is 282 g/mol. The Hall–Kier alpha value is -0.540. The highest BCUT2D eigenvalue weighted by molar-refractivity contribution is 6.31. The standard InChI is InChI=1S/C17H32ClN3/c1-8-14-16(18)15(21(9-2)20-14)10-13(17(5,6)7)11-19-12(3)4/h12-13,19H,8-11H2,1-7H3. The van der Waals surface area contributed by atoms with E-state index in [0.717, 1.165) is 36.6 Å². The molecule has 0 radical (unpaired) electrons. The molecule has 122 valence electrons. The van der Waals surface area contributed by atoms with E-state index in [9.17, 15) is 0 Å². The molecule has 0 aliphatic rings. The topological polar surface area (TPSA) is 29.9 Å². The van der Waals surface area contributed by atoms with Gasteiger partial charge in [-0.1, -0.05) is 53.1 Å². The van der Waals surface area contributed by atoms with Crippen LogP contribution in [0, 0.1) is 11.3 Å². The van der Waals surface area contributed by atoms with Crippen molar-refractivity contribution >= 4 is 11.6 Å². The second kappa shape index (κ2) is 7.64. The van der Waals surface area contributed by atoms with Crippen molar-refractivity contribution in [3.63, 3.8) is 0 Å². The van der Waals surface area contributed by atoms with Gasteiger partial charge in [-0.15, -0.1) is 0 Å². The Bertz CT molecular complexity index is 444. The molecule has 1 unspecified atom stereocenters. The zero-order chi connectivity index (χ0) is 16.2. The molecule has 3 nitrogen and oxygen atoms in total. The fourth-order valence-electron chi connectivity index (χ4n) is 2.51. The third kappa shape index (κ3) is 5.00. The molecular formula is C17H32ClN3. The molecule has 0 spiro atoms. The van der Waals surface area contributed by atoms with Gasteiger partial charge in [0.25, 0.3) is 0 Å². The number of nitrogens with one attached hydrogen (secondary N) is 1. The van der Waals surface area contributed by atoms with E-state index in [1.54, 1.807) is 0 Å². The zero-order valence-electron chi connectivity index (χ0n) is 14.8. The number of aromatic nitrogens is 2. The number of nitrogens with zero attached hydrogens (tertiary/aromatic N) is 2. The first-order chi connectivity index (χ1) is 9.70. The minimum atomic E-state index is 0.237. The summed E-state index contributed by atoms with van der Waals surface area (Å²) in [5, 5.41) is 9.09. The largest absolute Gasteiger partial charge is 0.314 e. The molecule has 1 atom stereocenters. The number of hydrogen-bond acceptors (Lipinski definition) is 2. The van der Waals surface area contributed by atoms with Crippen molar-refractivity contribution in [3.8, 4) is 0 Å². The normalized spacial score (nSPS) is 14.0. The zero-order valence-corrected chi connectivity index (χ0v) is 15.5. The Morgan fingerprint density at radius 3 is 2.29 bits per heavy atom. The van der Waals surface area contributed by atoms with Crippen LogP contribution in [0.1, 0.15) is 59.9 Å². The van der Waals surface area contributed by atoms with E-state index >= 15 is 0 Å². The van der Waals surface area contributed by atoms with Gasteiger partial charge in [0.2, 0.25) is 0 Å². The lowest BCUT2D eigenvalue weighted by Crippen LogP contribution is -2.36. The van der Waals surface area contributed by atoms with Crippen molar-refractivity contribution in [1.82, 2.24) is 15.1 Å². The summed E-state index contributed by atoms with van der Waals surface area (Å²) in [6.45, 7) is 17.4. The molecule has 21 heavy (non-hydrogen) atoms. The third-order valence-corrected chi connectivity index (χ3v) is 4.57. The molecule has 0 amide bonds. The number of hydrogen-bond donors (Lipinski definition) is 1. The van der Waals surface area contributed by atoms with Gasteiger partial charge in [0.1, 0.15) is 0 Å². The summed E-state index contributed by atoms with van der Waals surface area (Å²) >= 11 is 6.56. The maximum Gasteiger partial charge on any atom is 0.0849 e. The van der Waals surface area contributed by atoms with Crippen LogP contribution in [0.15, 0.2) is 0 Å². The summed E-state index contributed by atoms with van der Waals surface area (Å²) in [4.78, 5) is 0. The van der Waals surface area contributed by atoms with Crippen LogP contribution in [0.25, 0.3) is 0 Å². The van der Waals surface area contributed by atoms with Crippen molar-refractivity contribution in [3.05, 3.63) is 16.4 Å². The van der Waals surface area contributed by atoms with E-state index < -0.39 is 0 Å². The lowest BCUT2D eigenvalue weighted by molar-refractivity contribution is 0.223. The Kier molecular flexibility index (Phi) is 6.73. The molecule has 4 heteroatoms. The van der Waals surface area contributed by atoms with Crippen molar-refractivity contribution in [2.45, 2.75) is 73.9 Å². The minimum Gasteiger partial charge on any atom is -0.314 e. The maximum atomic E-state index is 6.56. The molecule has 1 aromatic heterocycles. The van der Waals surface area contributed by atoms with Gasteiger partial charge in [0.05, 0.1) is 16.4 Å².